The molecule has 0 radical (unpaired) electrons. The van der Waals surface area contributed by atoms with Crippen molar-refractivity contribution >= 4 is 23.3 Å². The van der Waals surface area contributed by atoms with Gasteiger partial charge in [-0.15, -0.1) is 11.3 Å². The summed E-state index contributed by atoms with van der Waals surface area (Å²) in [5.74, 6) is 0.258. The van der Waals surface area contributed by atoms with Crippen LogP contribution in [-0.4, -0.2) is 22.5 Å². The fraction of sp³-hybridized carbons (Fsp3) is 0.433. The Labute approximate surface area is 230 Å². The van der Waals surface area contributed by atoms with Crippen molar-refractivity contribution in [1.29, 1.82) is 0 Å². The fourth-order valence-corrected chi connectivity index (χ4v) is 4.87. The third kappa shape index (κ3) is 8.39. The molecule has 3 aromatic rings. The number of amides is 2. The van der Waals surface area contributed by atoms with Gasteiger partial charge in [-0.1, -0.05) is 44.2 Å². The number of rotatable bonds is 10. The number of nitrogens with one attached hydrogen (secondary N) is 2. The van der Waals surface area contributed by atoms with Crippen LogP contribution >= 0.6 is 11.3 Å². The van der Waals surface area contributed by atoms with E-state index in [1.165, 1.54) is 0 Å². The number of hydrogen-bond acceptors (Lipinski definition) is 6. The van der Waals surface area contributed by atoms with Crippen LogP contribution in [0.4, 0.5) is 4.79 Å². The SMILES string of the molecule is Cc1nc(CC(C)C)c(COC(=O)NC(C)(C)C)c(-c2ccc(CN)cc2)c1CC(=O)NCc1cccs1. The van der Waals surface area contributed by atoms with E-state index in [9.17, 15) is 9.59 Å². The predicted molar refractivity (Wildman–Crippen MR) is 154 cm³/mol. The van der Waals surface area contributed by atoms with Gasteiger partial charge in [0.05, 0.1) is 13.0 Å². The van der Waals surface area contributed by atoms with Gasteiger partial charge in [-0.2, -0.15) is 0 Å². The maximum absolute atomic E-state index is 13.1. The van der Waals surface area contributed by atoms with Crippen LogP contribution in [0.2, 0.25) is 0 Å². The van der Waals surface area contributed by atoms with Crippen LogP contribution in [0, 0.1) is 12.8 Å². The molecule has 0 aliphatic rings. The third-order valence-electron chi connectivity index (χ3n) is 5.97. The molecule has 0 fully saturated rings. The van der Waals surface area contributed by atoms with Crippen LogP contribution in [0.5, 0.6) is 0 Å². The van der Waals surface area contributed by atoms with Gasteiger partial charge in [0, 0.05) is 33.9 Å². The minimum atomic E-state index is -0.492. The minimum Gasteiger partial charge on any atom is -0.445 e. The predicted octanol–water partition coefficient (Wildman–Crippen LogP) is 5.66. The first kappa shape index (κ1) is 29.3. The highest BCUT2D eigenvalue weighted by Gasteiger charge is 2.23. The zero-order valence-electron chi connectivity index (χ0n) is 23.3. The van der Waals surface area contributed by atoms with Crippen LogP contribution in [0.25, 0.3) is 11.1 Å². The molecule has 0 unspecified atom stereocenters. The fourth-order valence-electron chi connectivity index (χ4n) is 4.23. The van der Waals surface area contributed by atoms with E-state index < -0.39 is 11.6 Å². The highest BCUT2D eigenvalue weighted by molar-refractivity contribution is 7.09. The van der Waals surface area contributed by atoms with Gasteiger partial charge >= 0.3 is 6.09 Å². The molecule has 4 N–H and O–H groups in total. The molecule has 0 spiro atoms. The summed E-state index contributed by atoms with van der Waals surface area (Å²) < 4.78 is 5.72. The Balaban J connectivity index is 2.06. The first-order valence-corrected chi connectivity index (χ1v) is 13.9. The van der Waals surface area contributed by atoms with Crippen LogP contribution < -0.4 is 16.4 Å². The number of nitrogens with two attached hydrogens (primary N) is 1. The Morgan fingerprint density at radius 1 is 1.11 bits per heavy atom. The number of alkyl carbamates (subject to hydrolysis) is 1. The Hall–Kier alpha value is -3.23. The van der Waals surface area contributed by atoms with Crippen molar-refractivity contribution in [2.45, 2.75) is 79.6 Å². The molecule has 7 nitrogen and oxygen atoms in total. The van der Waals surface area contributed by atoms with E-state index in [1.807, 2.05) is 69.5 Å². The molecular formula is C30H40N4O3S. The van der Waals surface area contributed by atoms with Crippen LogP contribution in [0.15, 0.2) is 41.8 Å². The number of hydrogen-bond donors (Lipinski definition) is 3. The standard InChI is InChI=1S/C30H40N4O3S/c1-19(2)14-26-25(18-37-29(36)34-30(4,5)6)28(22-11-9-21(16-31)10-12-22)24(20(3)33-26)15-27(35)32-17-23-8-7-13-38-23/h7-13,19H,14-18,31H2,1-6H3,(H,32,35)(H,34,36). The Morgan fingerprint density at radius 3 is 2.39 bits per heavy atom. The van der Waals surface area contributed by atoms with Gasteiger partial charge in [0.2, 0.25) is 5.91 Å². The first-order valence-electron chi connectivity index (χ1n) is 13.0. The minimum absolute atomic E-state index is 0.0506. The van der Waals surface area contributed by atoms with Crippen molar-refractivity contribution in [3.8, 4) is 11.1 Å². The van der Waals surface area contributed by atoms with E-state index in [1.54, 1.807) is 11.3 Å². The average molecular weight is 537 g/mol. The second kappa shape index (κ2) is 13.0. The van der Waals surface area contributed by atoms with Gasteiger partial charge < -0.3 is 21.1 Å². The number of aromatic nitrogens is 1. The van der Waals surface area contributed by atoms with Gasteiger partial charge in [-0.3, -0.25) is 9.78 Å². The van der Waals surface area contributed by atoms with Gasteiger partial charge in [-0.05, 0) is 73.7 Å². The first-order chi connectivity index (χ1) is 18.0. The van der Waals surface area contributed by atoms with E-state index in [2.05, 4.69) is 24.5 Å². The lowest BCUT2D eigenvalue weighted by Gasteiger charge is -2.23. The highest BCUT2D eigenvalue weighted by atomic mass is 32.1. The van der Waals surface area contributed by atoms with E-state index in [-0.39, 0.29) is 18.9 Å². The molecule has 204 valence electrons. The van der Waals surface area contributed by atoms with Crippen molar-refractivity contribution in [2.75, 3.05) is 0 Å². The monoisotopic (exact) mass is 536 g/mol. The molecule has 8 heteroatoms. The van der Waals surface area contributed by atoms with Crippen molar-refractivity contribution in [3.05, 3.63) is 74.7 Å². The number of ether oxygens (including phenoxy) is 1. The summed E-state index contributed by atoms with van der Waals surface area (Å²) in [6.45, 7) is 12.9. The molecule has 0 bridgehead atoms. The largest absolute Gasteiger partial charge is 0.445 e. The quantitative estimate of drug-likeness (QED) is 0.310. The van der Waals surface area contributed by atoms with E-state index >= 15 is 0 Å². The summed E-state index contributed by atoms with van der Waals surface area (Å²) in [5, 5.41) is 7.88. The topological polar surface area (TPSA) is 106 Å². The second-order valence-corrected chi connectivity index (χ2v) is 12.0. The van der Waals surface area contributed by atoms with Crippen molar-refractivity contribution < 1.29 is 14.3 Å². The Bertz CT molecular complexity index is 1230. The number of carbonyl (C=O) groups is 2. The molecule has 2 amide bonds. The summed E-state index contributed by atoms with van der Waals surface area (Å²) in [7, 11) is 0. The van der Waals surface area contributed by atoms with Gasteiger partial charge in [0.25, 0.3) is 0 Å². The van der Waals surface area contributed by atoms with Crippen molar-refractivity contribution in [1.82, 2.24) is 15.6 Å². The molecular weight excluding hydrogens is 496 g/mol. The molecule has 2 aromatic heterocycles. The molecule has 0 aliphatic heterocycles. The number of benzene rings is 1. The van der Waals surface area contributed by atoms with E-state index in [0.717, 1.165) is 50.5 Å². The zero-order chi connectivity index (χ0) is 27.9. The van der Waals surface area contributed by atoms with Crippen molar-refractivity contribution in [3.63, 3.8) is 0 Å². The summed E-state index contributed by atoms with van der Waals surface area (Å²) in [5.41, 5.74) is 11.6. The maximum Gasteiger partial charge on any atom is 0.407 e. The molecule has 38 heavy (non-hydrogen) atoms. The van der Waals surface area contributed by atoms with Crippen LogP contribution in [-0.2, 0) is 42.1 Å². The van der Waals surface area contributed by atoms with E-state index in [0.29, 0.717) is 19.0 Å². The molecule has 3 rings (SSSR count). The van der Waals surface area contributed by atoms with Gasteiger partial charge in [0.1, 0.15) is 6.61 Å². The third-order valence-corrected chi connectivity index (χ3v) is 6.85. The Kier molecular flexibility index (Phi) is 10.1. The maximum atomic E-state index is 13.1. The number of nitrogens with zero attached hydrogens (tertiary/aromatic N) is 1. The molecule has 2 heterocycles. The van der Waals surface area contributed by atoms with Crippen LogP contribution in [0.1, 0.15) is 67.6 Å². The molecule has 0 saturated carbocycles. The number of thiophene rings is 1. The summed E-state index contributed by atoms with van der Waals surface area (Å²) in [6.07, 6.45) is 0.397. The molecule has 0 aliphatic carbocycles. The lowest BCUT2D eigenvalue weighted by Crippen LogP contribution is -2.40. The van der Waals surface area contributed by atoms with E-state index in [4.69, 9.17) is 15.5 Å². The normalized spacial score (nSPS) is 11.5. The number of pyridine rings is 1. The summed E-state index contributed by atoms with van der Waals surface area (Å²) >= 11 is 1.61. The summed E-state index contributed by atoms with van der Waals surface area (Å²) in [6, 6.07) is 12.0. The molecule has 1 aromatic carbocycles. The smallest absolute Gasteiger partial charge is 0.407 e. The van der Waals surface area contributed by atoms with Crippen LogP contribution in [0.3, 0.4) is 0 Å². The van der Waals surface area contributed by atoms with Crippen molar-refractivity contribution in [2.24, 2.45) is 11.7 Å². The Morgan fingerprint density at radius 2 is 1.82 bits per heavy atom. The number of carbonyl (C=O) groups excluding carboxylic acids is 2. The van der Waals surface area contributed by atoms with Gasteiger partial charge in [-0.25, -0.2) is 4.79 Å². The average Bonchev–Trinajstić information content (AvgIpc) is 3.36. The van der Waals surface area contributed by atoms with Gasteiger partial charge in [0.15, 0.2) is 0 Å². The molecule has 0 atom stereocenters. The second-order valence-electron chi connectivity index (χ2n) is 11.0. The lowest BCUT2D eigenvalue weighted by molar-refractivity contribution is -0.120. The lowest BCUT2D eigenvalue weighted by atomic mass is 9.88. The number of aryl methyl sites for hydroxylation is 1. The zero-order valence-corrected chi connectivity index (χ0v) is 24.1. The highest BCUT2D eigenvalue weighted by Crippen LogP contribution is 2.34. The summed E-state index contributed by atoms with van der Waals surface area (Å²) in [4.78, 5) is 31.7. The molecule has 0 saturated heterocycles.